The first-order valence-corrected chi connectivity index (χ1v) is 15.2. The predicted octanol–water partition coefficient (Wildman–Crippen LogP) is 5.79. The molecule has 0 saturated carbocycles. The van der Waals surface area contributed by atoms with E-state index in [2.05, 4.69) is 5.32 Å². The molecule has 1 unspecified atom stereocenters. The summed E-state index contributed by atoms with van der Waals surface area (Å²) in [6, 6.07) is 18.2. The number of benzene rings is 3. The van der Waals surface area contributed by atoms with Crippen LogP contribution in [0.5, 0.6) is 0 Å². The molecule has 7 nitrogen and oxygen atoms in total. The Hall–Kier alpha value is -3.36. The van der Waals surface area contributed by atoms with Crippen molar-refractivity contribution in [3.8, 4) is 0 Å². The Kier molecular flexibility index (Phi) is 10.8. The van der Waals surface area contributed by atoms with Gasteiger partial charge in [0.15, 0.2) is 0 Å². The van der Waals surface area contributed by atoms with Crippen LogP contribution in [-0.4, -0.2) is 44.3 Å². The Morgan fingerprint density at radius 3 is 2.27 bits per heavy atom. The molecule has 3 rings (SSSR count). The standard InChI is InChI=1S/C31H38ClN3O4S/c1-6-7-17-33-31(37)25(5)34(20-26-10-8-9-23(3)18-26)30(36)21-35(29-16-13-27(32)19-24(29)4)40(38,39)28-14-11-22(2)12-15-28/h8-16,18-19,25H,6-7,17,20-21H2,1-5H3,(H,33,37). The Labute approximate surface area is 243 Å². The number of nitrogens with zero attached hydrogens (tertiary/aromatic N) is 2. The van der Waals surface area contributed by atoms with Crippen molar-refractivity contribution in [1.29, 1.82) is 0 Å². The molecule has 1 atom stereocenters. The molecule has 214 valence electrons. The fraction of sp³-hybridized carbons (Fsp3) is 0.355. The van der Waals surface area contributed by atoms with Crippen LogP contribution in [0.15, 0.2) is 71.6 Å². The van der Waals surface area contributed by atoms with Crippen LogP contribution < -0.4 is 9.62 Å². The average Bonchev–Trinajstić information content (AvgIpc) is 2.90. The summed E-state index contributed by atoms with van der Waals surface area (Å²) in [5.74, 6) is -0.783. The summed E-state index contributed by atoms with van der Waals surface area (Å²) in [6.45, 7) is 9.44. The van der Waals surface area contributed by atoms with E-state index in [1.807, 2.05) is 45.0 Å². The number of hydrogen-bond donors (Lipinski definition) is 1. The van der Waals surface area contributed by atoms with Crippen molar-refractivity contribution in [2.45, 2.75) is 64.9 Å². The van der Waals surface area contributed by atoms with Crippen LogP contribution in [0.2, 0.25) is 5.02 Å². The zero-order valence-corrected chi connectivity index (χ0v) is 25.3. The summed E-state index contributed by atoms with van der Waals surface area (Å²) in [5.41, 5.74) is 3.72. The normalized spacial score (nSPS) is 12.1. The van der Waals surface area contributed by atoms with Gasteiger partial charge in [-0.15, -0.1) is 0 Å². The summed E-state index contributed by atoms with van der Waals surface area (Å²) in [5, 5.41) is 3.36. The molecule has 0 aliphatic carbocycles. The first kappa shape index (κ1) is 31.2. The van der Waals surface area contributed by atoms with Gasteiger partial charge >= 0.3 is 0 Å². The van der Waals surface area contributed by atoms with Gasteiger partial charge in [-0.05, 0) is 75.6 Å². The number of carbonyl (C=O) groups is 2. The lowest BCUT2D eigenvalue weighted by Crippen LogP contribution is -2.51. The smallest absolute Gasteiger partial charge is 0.264 e. The lowest BCUT2D eigenvalue weighted by molar-refractivity contribution is -0.139. The number of sulfonamides is 1. The van der Waals surface area contributed by atoms with E-state index in [1.165, 1.54) is 17.0 Å². The van der Waals surface area contributed by atoms with Crippen molar-refractivity contribution in [1.82, 2.24) is 10.2 Å². The van der Waals surface area contributed by atoms with E-state index >= 15 is 0 Å². The minimum absolute atomic E-state index is 0.0656. The molecule has 9 heteroatoms. The third-order valence-electron chi connectivity index (χ3n) is 6.75. The highest BCUT2D eigenvalue weighted by Crippen LogP contribution is 2.29. The molecular formula is C31H38ClN3O4S. The summed E-state index contributed by atoms with van der Waals surface area (Å²) < 4.78 is 29.0. The van der Waals surface area contributed by atoms with Crippen molar-refractivity contribution in [2.24, 2.45) is 0 Å². The number of unbranched alkanes of at least 4 members (excludes halogenated alkanes) is 1. The van der Waals surface area contributed by atoms with Gasteiger partial charge in [0.2, 0.25) is 11.8 Å². The number of nitrogens with one attached hydrogen (secondary N) is 1. The van der Waals surface area contributed by atoms with E-state index in [-0.39, 0.29) is 17.3 Å². The lowest BCUT2D eigenvalue weighted by atomic mass is 10.1. The molecule has 2 amide bonds. The summed E-state index contributed by atoms with van der Waals surface area (Å²) in [4.78, 5) is 28.6. The number of hydrogen-bond acceptors (Lipinski definition) is 4. The summed E-state index contributed by atoms with van der Waals surface area (Å²) >= 11 is 6.17. The molecular weight excluding hydrogens is 546 g/mol. The van der Waals surface area contributed by atoms with Crippen LogP contribution >= 0.6 is 11.6 Å². The average molecular weight is 584 g/mol. The predicted molar refractivity (Wildman–Crippen MR) is 161 cm³/mol. The topological polar surface area (TPSA) is 86.8 Å². The summed E-state index contributed by atoms with van der Waals surface area (Å²) in [6.07, 6.45) is 1.75. The Morgan fingerprint density at radius 1 is 0.950 bits per heavy atom. The number of amides is 2. The van der Waals surface area contributed by atoms with Crippen molar-refractivity contribution >= 4 is 39.1 Å². The maximum Gasteiger partial charge on any atom is 0.264 e. The quantitative estimate of drug-likeness (QED) is 0.273. The lowest BCUT2D eigenvalue weighted by Gasteiger charge is -2.32. The van der Waals surface area contributed by atoms with E-state index < -0.39 is 28.5 Å². The summed E-state index contributed by atoms with van der Waals surface area (Å²) in [7, 11) is -4.14. The second kappa shape index (κ2) is 13.8. The number of halogens is 1. The molecule has 0 saturated heterocycles. The molecule has 0 aliphatic rings. The van der Waals surface area contributed by atoms with Crippen molar-refractivity contribution in [2.75, 3.05) is 17.4 Å². The van der Waals surface area contributed by atoms with E-state index in [0.717, 1.165) is 33.8 Å². The highest BCUT2D eigenvalue weighted by molar-refractivity contribution is 7.92. The SMILES string of the molecule is CCCCNC(=O)C(C)N(Cc1cccc(C)c1)C(=O)CN(c1ccc(Cl)cc1C)S(=O)(=O)c1ccc(C)cc1. The highest BCUT2D eigenvalue weighted by atomic mass is 35.5. The van der Waals surface area contributed by atoms with Gasteiger partial charge in [0.05, 0.1) is 10.6 Å². The van der Waals surface area contributed by atoms with Gasteiger partial charge in [-0.25, -0.2) is 8.42 Å². The van der Waals surface area contributed by atoms with Crippen molar-refractivity contribution in [3.63, 3.8) is 0 Å². The van der Waals surface area contributed by atoms with Gasteiger partial charge < -0.3 is 10.2 Å². The van der Waals surface area contributed by atoms with E-state index in [0.29, 0.717) is 22.8 Å². The zero-order chi connectivity index (χ0) is 29.4. The molecule has 0 aliphatic heterocycles. The van der Waals surface area contributed by atoms with Gasteiger partial charge in [0, 0.05) is 18.1 Å². The second-order valence-electron chi connectivity index (χ2n) is 10.1. The van der Waals surface area contributed by atoms with E-state index in [4.69, 9.17) is 11.6 Å². The van der Waals surface area contributed by atoms with Crippen LogP contribution in [0, 0.1) is 20.8 Å². The molecule has 0 heterocycles. The Balaban J connectivity index is 2.04. The Morgan fingerprint density at radius 2 is 1.65 bits per heavy atom. The maximum atomic E-state index is 14.0. The number of carbonyl (C=O) groups excluding carboxylic acids is 2. The molecule has 1 N–H and O–H groups in total. The molecule has 0 fully saturated rings. The van der Waals surface area contributed by atoms with E-state index in [9.17, 15) is 18.0 Å². The van der Waals surface area contributed by atoms with Gasteiger partial charge in [-0.2, -0.15) is 0 Å². The van der Waals surface area contributed by atoms with Crippen molar-refractivity contribution in [3.05, 3.63) is 94.0 Å². The Bertz CT molecular complexity index is 1440. The van der Waals surface area contributed by atoms with Crippen LogP contribution in [-0.2, 0) is 26.2 Å². The number of aryl methyl sites for hydroxylation is 3. The fourth-order valence-electron chi connectivity index (χ4n) is 4.38. The van der Waals surface area contributed by atoms with Gasteiger partial charge in [-0.1, -0.05) is 72.5 Å². The van der Waals surface area contributed by atoms with Gasteiger partial charge in [-0.3, -0.25) is 13.9 Å². The molecule has 0 aromatic heterocycles. The minimum atomic E-state index is -4.14. The molecule has 3 aromatic carbocycles. The third kappa shape index (κ3) is 7.86. The molecule has 0 radical (unpaired) electrons. The largest absolute Gasteiger partial charge is 0.354 e. The van der Waals surface area contributed by atoms with Crippen LogP contribution in [0.1, 0.15) is 48.9 Å². The molecule has 3 aromatic rings. The first-order valence-electron chi connectivity index (χ1n) is 13.4. The monoisotopic (exact) mass is 583 g/mol. The minimum Gasteiger partial charge on any atom is -0.354 e. The first-order chi connectivity index (χ1) is 18.9. The fourth-order valence-corrected chi connectivity index (χ4v) is 6.08. The zero-order valence-electron chi connectivity index (χ0n) is 23.8. The van der Waals surface area contributed by atoms with Crippen LogP contribution in [0.25, 0.3) is 0 Å². The van der Waals surface area contributed by atoms with Crippen LogP contribution in [0.4, 0.5) is 5.69 Å². The van der Waals surface area contributed by atoms with E-state index in [1.54, 1.807) is 44.2 Å². The van der Waals surface area contributed by atoms with Gasteiger partial charge in [0.1, 0.15) is 12.6 Å². The molecule has 0 bridgehead atoms. The van der Waals surface area contributed by atoms with Gasteiger partial charge in [0.25, 0.3) is 10.0 Å². The molecule has 0 spiro atoms. The molecule has 40 heavy (non-hydrogen) atoms. The number of anilines is 1. The highest BCUT2D eigenvalue weighted by Gasteiger charge is 2.33. The maximum absolute atomic E-state index is 14.0. The van der Waals surface area contributed by atoms with Crippen LogP contribution in [0.3, 0.4) is 0 Å². The second-order valence-corrected chi connectivity index (χ2v) is 12.4. The number of rotatable bonds is 12. The third-order valence-corrected chi connectivity index (χ3v) is 8.76. The van der Waals surface area contributed by atoms with Crippen molar-refractivity contribution < 1.29 is 18.0 Å².